The predicted molar refractivity (Wildman–Crippen MR) is 63.0 cm³/mol. The molecule has 0 aliphatic carbocycles. The molecule has 3 N–H and O–H groups in total. The molecule has 0 heterocycles. The second kappa shape index (κ2) is 6.15. The van der Waals surface area contributed by atoms with Gasteiger partial charge in [0.2, 0.25) is 5.91 Å². The van der Waals surface area contributed by atoms with E-state index in [1.807, 2.05) is 0 Å². The molecule has 0 aliphatic rings. The number of rotatable bonds is 5. The predicted octanol–water partition coefficient (Wildman–Crippen LogP) is 1.40. The summed E-state index contributed by atoms with van der Waals surface area (Å²) in [5.74, 6) is -0.335. The van der Waals surface area contributed by atoms with Gasteiger partial charge in [0.25, 0.3) is 6.43 Å². The molecule has 0 aromatic heterocycles. The van der Waals surface area contributed by atoms with E-state index in [0.29, 0.717) is 11.4 Å². The SMILES string of the molecule is CN(CC(=O)Nc1ccc(N)cc1)CC(F)F. The first kappa shape index (κ1) is 13.4. The Labute approximate surface area is 98.4 Å². The van der Waals surface area contributed by atoms with Crippen molar-refractivity contribution in [3.63, 3.8) is 0 Å². The monoisotopic (exact) mass is 243 g/mol. The Bertz CT molecular complexity index is 367. The maximum Gasteiger partial charge on any atom is 0.251 e. The Kier molecular flexibility index (Phi) is 4.84. The fourth-order valence-corrected chi connectivity index (χ4v) is 1.31. The first-order valence-electron chi connectivity index (χ1n) is 5.09. The maximum absolute atomic E-state index is 12.0. The summed E-state index contributed by atoms with van der Waals surface area (Å²) in [6.45, 7) is -0.496. The summed E-state index contributed by atoms with van der Waals surface area (Å²) < 4.78 is 24.0. The van der Waals surface area contributed by atoms with Crippen LogP contribution in [0.4, 0.5) is 20.2 Å². The summed E-state index contributed by atoms with van der Waals surface area (Å²) in [7, 11) is 1.47. The highest BCUT2D eigenvalue weighted by Crippen LogP contribution is 2.10. The number of likely N-dealkylation sites (N-methyl/N-ethyl adjacent to an activating group) is 1. The Morgan fingerprint density at radius 1 is 1.41 bits per heavy atom. The average Bonchev–Trinajstić information content (AvgIpc) is 2.19. The molecule has 6 heteroatoms. The van der Waals surface area contributed by atoms with Crippen LogP contribution in [0.5, 0.6) is 0 Å². The zero-order valence-corrected chi connectivity index (χ0v) is 9.49. The van der Waals surface area contributed by atoms with Gasteiger partial charge < -0.3 is 11.1 Å². The van der Waals surface area contributed by atoms with Gasteiger partial charge in [-0.3, -0.25) is 9.69 Å². The first-order chi connectivity index (χ1) is 7.97. The van der Waals surface area contributed by atoms with E-state index >= 15 is 0 Å². The van der Waals surface area contributed by atoms with Crippen molar-refractivity contribution in [2.24, 2.45) is 0 Å². The van der Waals surface area contributed by atoms with Crippen LogP contribution in [0.25, 0.3) is 0 Å². The maximum atomic E-state index is 12.0. The van der Waals surface area contributed by atoms with Crippen molar-refractivity contribution in [3.05, 3.63) is 24.3 Å². The number of hydrogen-bond acceptors (Lipinski definition) is 3. The lowest BCUT2D eigenvalue weighted by Gasteiger charge is -2.15. The van der Waals surface area contributed by atoms with Crippen molar-refractivity contribution in [2.45, 2.75) is 6.43 Å². The number of carbonyl (C=O) groups is 1. The number of benzene rings is 1. The number of amides is 1. The van der Waals surface area contributed by atoms with E-state index in [-0.39, 0.29) is 12.5 Å². The van der Waals surface area contributed by atoms with Gasteiger partial charge in [-0.1, -0.05) is 0 Å². The zero-order chi connectivity index (χ0) is 12.8. The molecule has 0 aliphatic heterocycles. The Hall–Kier alpha value is -1.69. The molecule has 0 atom stereocenters. The lowest BCUT2D eigenvalue weighted by Crippen LogP contribution is -2.33. The van der Waals surface area contributed by atoms with Crippen LogP contribution in [0, 0.1) is 0 Å². The van der Waals surface area contributed by atoms with Crippen LogP contribution in [0.1, 0.15) is 0 Å². The second-order valence-electron chi connectivity index (χ2n) is 3.76. The molecule has 0 radical (unpaired) electrons. The van der Waals surface area contributed by atoms with Crippen molar-refractivity contribution < 1.29 is 13.6 Å². The van der Waals surface area contributed by atoms with Crippen LogP contribution in [0.15, 0.2) is 24.3 Å². The van der Waals surface area contributed by atoms with Crippen LogP contribution in [-0.2, 0) is 4.79 Å². The smallest absolute Gasteiger partial charge is 0.251 e. The van der Waals surface area contributed by atoms with Crippen molar-refractivity contribution in [1.29, 1.82) is 0 Å². The molecule has 4 nitrogen and oxygen atoms in total. The van der Waals surface area contributed by atoms with E-state index in [1.54, 1.807) is 24.3 Å². The molecule has 0 unspecified atom stereocenters. The van der Waals surface area contributed by atoms with Crippen molar-refractivity contribution >= 4 is 17.3 Å². The number of nitrogens with two attached hydrogens (primary N) is 1. The molecule has 1 aromatic carbocycles. The Morgan fingerprint density at radius 3 is 2.53 bits per heavy atom. The number of anilines is 2. The molecule has 0 saturated carbocycles. The van der Waals surface area contributed by atoms with E-state index in [9.17, 15) is 13.6 Å². The molecule has 0 fully saturated rings. The Balaban J connectivity index is 2.41. The van der Waals surface area contributed by atoms with E-state index in [1.165, 1.54) is 11.9 Å². The van der Waals surface area contributed by atoms with Gasteiger partial charge in [0.15, 0.2) is 0 Å². The van der Waals surface area contributed by atoms with Crippen molar-refractivity contribution in [3.8, 4) is 0 Å². The van der Waals surface area contributed by atoms with E-state index in [0.717, 1.165) is 0 Å². The van der Waals surface area contributed by atoms with Gasteiger partial charge in [-0.25, -0.2) is 8.78 Å². The number of nitrogen functional groups attached to an aromatic ring is 1. The second-order valence-corrected chi connectivity index (χ2v) is 3.76. The summed E-state index contributed by atoms with van der Waals surface area (Å²) in [5.41, 5.74) is 6.68. The molecule has 0 saturated heterocycles. The highest BCUT2D eigenvalue weighted by Gasteiger charge is 2.11. The minimum absolute atomic E-state index is 0.0747. The molecule has 94 valence electrons. The molecular formula is C11H15F2N3O. The van der Waals surface area contributed by atoms with Gasteiger partial charge in [-0.15, -0.1) is 0 Å². The van der Waals surface area contributed by atoms with Gasteiger partial charge in [-0.05, 0) is 31.3 Å². The van der Waals surface area contributed by atoms with Crippen LogP contribution in [0.3, 0.4) is 0 Å². The molecule has 1 rings (SSSR count). The summed E-state index contributed by atoms with van der Waals surface area (Å²) in [6, 6.07) is 6.61. The lowest BCUT2D eigenvalue weighted by molar-refractivity contribution is -0.117. The third kappa shape index (κ3) is 5.26. The number of alkyl halides is 2. The highest BCUT2D eigenvalue weighted by molar-refractivity contribution is 5.92. The lowest BCUT2D eigenvalue weighted by atomic mass is 10.3. The molecule has 17 heavy (non-hydrogen) atoms. The van der Waals surface area contributed by atoms with E-state index < -0.39 is 13.0 Å². The topological polar surface area (TPSA) is 58.4 Å². The third-order valence-electron chi connectivity index (χ3n) is 2.06. The number of halogens is 2. The van der Waals surface area contributed by atoms with Crippen LogP contribution >= 0.6 is 0 Å². The van der Waals surface area contributed by atoms with Gasteiger partial charge in [0, 0.05) is 11.4 Å². The van der Waals surface area contributed by atoms with Crippen molar-refractivity contribution in [2.75, 3.05) is 31.2 Å². The summed E-state index contributed by atoms with van der Waals surface area (Å²) in [5, 5.41) is 2.59. The summed E-state index contributed by atoms with van der Waals surface area (Å²) in [4.78, 5) is 12.7. The molecular weight excluding hydrogens is 228 g/mol. The number of hydrogen-bond donors (Lipinski definition) is 2. The summed E-state index contributed by atoms with van der Waals surface area (Å²) in [6.07, 6.45) is -2.44. The normalized spacial score (nSPS) is 10.9. The fraction of sp³-hybridized carbons (Fsp3) is 0.364. The minimum atomic E-state index is -2.44. The average molecular weight is 243 g/mol. The number of carbonyl (C=O) groups excluding carboxylic acids is 1. The minimum Gasteiger partial charge on any atom is -0.399 e. The molecule has 1 aromatic rings. The zero-order valence-electron chi connectivity index (χ0n) is 9.49. The highest BCUT2D eigenvalue weighted by atomic mass is 19.3. The number of nitrogens with zero attached hydrogens (tertiary/aromatic N) is 1. The first-order valence-corrected chi connectivity index (χ1v) is 5.09. The molecule has 1 amide bonds. The van der Waals surface area contributed by atoms with Gasteiger partial charge in [-0.2, -0.15) is 0 Å². The largest absolute Gasteiger partial charge is 0.399 e. The van der Waals surface area contributed by atoms with Gasteiger partial charge in [0.1, 0.15) is 0 Å². The standard InChI is InChI=1S/C11H15F2N3O/c1-16(6-10(12)13)7-11(17)15-9-4-2-8(14)3-5-9/h2-5,10H,6-7,14H2,1H3,(H,15,17). The van der Waals surface area contributed by atoms with Gasteiger partial charge in [0.05, 0.1) is 13.1 Å². The fourth-order valence-electron chi connectivity index (χ4n) is 1.31. The summed E-state index contributed by atoms with van der Waals surface area (Å²) >= 11 is 0. The molecule has 0 spiro atoms. The quantitative estimate of drug-likeness (QED) is 0.769. The van der Waals surface area contributed by atoms with Gasteiger partial charge >= 0.3 is 0 Å². The van der Waals surface area contributed by atoms with Crippen LogP contribution < -0.4 is 11.1 Å². The third-order valence-corrected chi connectivity index (χ3v) is 2.06. The Morgan fingerprint density at radius 2 is 2.00 bits per heavy atom. The molecule has 0 bridgehead atoms. The van der Waals surface area contributed by atoms with Crippen molar-refractivity contribution in [1.82, 2.24) is 4.90 Å². The van der Waals surface area contributed by atoms with Crippen LogP contribution in [-0.4, -0.2) is 37.4 Å². The van der Waals surface area contributed by atoms with Crippen LogP contribution in [0.2, 0.25) is 0 Å². The number of nitrogens with one attached hydrogen (secondary N) is 1. The van der Waals surface area contributed by atoms with E-state index in [2.05, 4.69) is 5.32 Å². The van der Waals surface area contributed by atoms with E-state index in [4.69, 9.17) is 5.73 Å².